The van der Waals surface area contributed by atoms with Crippen molar-refractivity contribution in [3.8, 4) is 0 Å². The fraction of sp³-hybridized carbons (Fsp3) is 0.579. The first-order chi connectivity index (χ1) is 13.1. The number of nitrogens with one attached hydrogen (secondary N) is 3. The summed E-state index contributed by atoms with van der Waals surface area (Å²) in [6.07, 6.45) is 2.08. The van der Waals surface area contributed by atoms with E-state index in [-0.39, 0.29) is 18.6 Å². The summed E-state index contributed by atoms with van der Waals surface area (Å²) in [6.45, 7) is 7.63. The molecule has 0 aromatic heterocycles. The predicted molar refractivity (Wildman–Crippen MR) is 111 cm³/mol. The molecule has 1 saturated heterocycles. The molecule has 0 radical (unpaired) electrons. The van der Waals surface area contributed by atoms with Crippen LogP contribution < -0.4 is 16.0 Å². The first kappa shape index (κ1) is 21.7. The largest absolute Gasteiger partial charge is 0.379 e. The lowest BCUT2D eigenvalue weighted by molar-refractivity contribution is -0.114. The molecule has 27 heavy (non-hydrogen) atoms. The summed E-state index contributed by atoms with van der Waals surface area (Å²) in [6, 6.07) is 5.78. The molecular weight excluding hydrogens is 412 g/mol. The molecule has 1 atom stereocenters. The van der Waals surface area contributed by atoms with Crippen LogP contribution in [0.4, 0.5) is 5.69 Å². The van der Waals surface area contributed by atoms with E-state index in [1.165, 1.54) is 0 Å². The smallest absolute Gasteiger partial charge is 0.246 e. The average molecular weight is 441 g/mol. The molecule has 1 aliphatic heterocycles. The number of carbonyl (C=O) groups is 1. The molecule has 1 amide bonds. The molecule has 0 bridgehead atoms. The van der Waals surface area contributed by atoms with E-state index in [0.717, 1.165) is 48.3 Å². The number of ether oxygens (including phenoxy) is 2. The van der Waals surface area contributed by atoms with Crippen LogP contribution in [-0.2, 0) is 14.3 Å². The van der Waals surface area contributed by atoms with Gasteiger partial charge in [0.2, 0.25) is 5.91 Å². The van der Waals surface area contributed by atoms with E-state index in [0.29, 0.717) is 19.2 Å². The van der Waals surface area contributed by atoms with Crippen LogP contribution in [0.25, 0.3) is 0 Å². The van der Waals surface area contributed by atoms with Gasteiger partial charge in [0.15, 0.2) is 5.96 Å². The molecule has 1 aromatic carbocycles. The Morgan fingerprint density at radius 3 is 3.00 bits per heavy atom. The number of guanidine groups is 1. The quantitative estimate of drug-likeness (QED) is 0.312. The minimum atomic E-state index is -0.155. The average Bonchev–Trinajstić information content (AvgIpc) is 3.16. The summed E-state index contributed by atoms with van der Waals surface area (Å²) in [5.41, 5.74) is 1.80. The van der Waals surface area contributed by atoms with Crippen LogP contribution in [-0.4, -0.2) is 57.4 Å². The van der Waals surface area contributed by atoms with E-state index >= 15 is 0 Å². The van der Waals surface area contributed by atoms with Crippen molar-refractivity contribution in [3.63, 3.8) is 0 Å². The van der Waals surface area contributed by atoms with Gasteiger partial charge in [0.25, 0.3) is 0 Å². The van der Waals surface area contributed by atoms with Gasteiger partial charge in [-0.15, -0.1) is 0 Å². The highest BCUT2D eigenvalue weighted by molar-refractivity contribution is 9.10. The Morgan fingerprint density at radius 1 is 1.41 bits per heavy atom. The number of benzene rings is 1. The third-order valence-corrected chi connectivity index (χ3v) is 4.55. The minimum absolute atomic E-state index is 0.0528. The van der Waals surface area contributed by atoms with Gasteiger partial charge in [0.05, 0.1) is 12.7 Å². The zero-order valence-electron chi connectivity index (χ0n) is 16.0. The molecule has 1 fully saturated rings. The number of nitrogens with zero attached hydrogens (tertiary/aromatic N) is 1. The van der Waals surface area contributed by atoms with Gasteiger partial charge in [-0.2, -0.15) is 0 Å². The number of hydrogen-bond acceptors (Lipinski definition) is 4. The summed E-state index contributed by atoms with van der Waals surface area (Å²) >= 11 is 3.42. The Balaban J connectivity index is 1.72. The summed E-state index contributed by atoms with van der Waals surface area (Å²) in [5, 5.41) is 9.26. The first-order valence-electron chi connectivity index (χ1n) is 9.36. The van der Waals surface area contributed by atoms with E-state index in [4.69, 9.17) is 9.47 Å². The molecule has 7 nitrogen and oxygen atoms in total. The maximum Gasteiger partial charge on any atom is 0.246 e. The Labute approximate surface area is 169 Å². The van der Waals surface area contributed by atoms with Gasteiger partial charge in [-0.25, -0.2) is 4.99 Å². The first-order valence-corrected chi connectivity index (χ1v) is 10.1. The standard InChI is InChI=1S/C19H29BrN4O3/c1-3-21-19(22-8-4-9-27-16-7-10-26-13-16)23-12-18(25)24-17-11-15(20)6-5-14(17)2/h5-6,11,16H,3-4,7-10,12-13H2,1-2H3,(H,24,25)(H2,21,22,23). The van der Waals surface area contributed by atoms with Gasteiger partial charge in [-0.3, -0.25) is 4.79 Å². The van der Waals surface area contributed by atoms with E-state index in [2.05, 4.69) is 36.9 Å². The monoisotopic (exact) mass is 440 g/mol. The Morgan fingerprint density at radius 2 is 2.26 bits per heavy atom. The summed E-state index contributed by atoms with van der Waals surface area (Å²) in [7, 11) is 0. The number of hydrogen-bond donors (Lipinski definition) is 3. The van der Waals surface area contributed by atoms with Crippen LogP contribution in [0.1, 0.15) is 25.3 Å². The molecule has 0 spiro atoms. The van der Waals surface area contributed by atoms with Gasteiger partial charge in [-0.05, 0) is 44.4 Å². The molecule has 1 aliphatic rings. The topological polar surface area (TPSA) is 84.0 Å². The van der Waals surface area contributed by atoms with Crippen LogP contribution in [0, 0.1) is 6.92 Å². The fourth-order valence-electron chi connectivity index (χ4n) is 2.58. The second-order valence-electron chi connectivity index (χ2n) is 6.34. The molecule has 1 heterocycles. The van der Waals surface area contributed by atoms with Crippen LogP contribution in [0.2, 0.25) is 0 Å². The maximum absolute atomic E-state index is 12.2. The Bertz CT molecular complexity index is 633. The lowest BCUT2D eigenvalue weighted by atomic mass is 10.2. The lowest BCUT2D eigenvalue weighted by Gasteiger charge is -2.13. The van der Waals surface area contributed by atoms with Gasteiger partial charge in [0.1, 0.15) is 6.54 Å². The van der Waals surface area contributed by atoms with E-state index < -0.39 is 0 Å². The van der Waals surface area contributed by atoms with Crippen molar-refractivity contribution in [1.82, 2.24) is 10.6 Å². The highest BCUT2D eigenvalue weighted by Gasteiger charge is 2.15. The Hall–Kier alpha value is -1.64. The summed E-state index contributed by atoms with van der Waals surface area (Å²) in [4.78, 5) is 16.5. The number of amides is 1. The van der Waals surface area contributed by atoms with Gasteiger partial charge in [0, 0.05) is 36.5 Å². The summed E-state index contributed by atoms with van der Waals surface area (Å²) < 4.78 is 11.9. The zero-order chi connectivity index (χ0) is 19.5. The van der Waals surface area contributed by atoms with Crippen LogP contribution in [0.5, 0.6) is 0 Å². The molecule has 2 rings (SSSR count). The van der Waals surface area contributed by atoms with Crippen molar-refractivity contribution in [2.45, 2.75) is 32.8 Å². The summed E-state index contributed by atoms with van der Waals surface area (Å²) in [5.74, 6) is 0.473. The number of carbonyl (C=O) groups excluding carboxylic acids is 1. The zero-order valence-corrected chi connectivity index (χ0v) is 17.6. The lowest BCUT2D eigenvalue weighted by Crippen LogP contribution is -2.38. The highest BCUT2D eigenvalue weighted by atomic mass is 79.9. The molecule has 150 valence electrons. The van der Waals surface area contributed by atoms with Gasteiger partial charge >= 0.3 is 0 Å². The molecule has 0 saturated carbocycles. The van der Waals surface area contributed by atoms with Crippen molar-refractivity contribution in [1.29, 1.82) is 0 Å². The van der Waals surface area contributed by atoms with Crippen LogP contribution >= 0.6 is 15.9 Å². The van der Waals surface area contributed by atoms with Crippen molar-refractivity contribution < 1.29 is 14.3 Å². The van der Waals surface area contributed by atoms with Gasteiger partial charge in [-0.1, -0.05) is 22.0 Å². The molecule has 3 N–H and O–H groups in total. The van der Waals surface area contributed by atoms with Crippen molar-refractivity contribution >= 4 is 33.5 Å². The second kappa shape index (κ2) is 11.9. The molecule has 1 aromatic rings. The SMILES string of the molecule is CCNC(=NCC(=O)Nc1cc(Br)ccc1C)NCCCOC1CCOC1. The number of aliphatic imine (C=N–C) groups is 1. The highest BCUT2D eigenvalue weighted by Crippen LogP contribution is 2.20. The predicted octanol–water partition coefficient (Wildman–Crippen LogP) is 2.45. The normalized spacial score (nSPS) is 17.0. The van der Waals surface area contributed by atoms with E-state index in [1.54, 1.807) is 0 Å². The van der Waals surface area contributed by atoms with E-state index in [1.807, 2.05) is 32.0 Å². The van der Waals surface area contributed by atoms with Crippen molar-refractivity contribution in [3.05, 3.63) is 28.2 Å². The second-order valence-corrected chi connectivity index (χ2v) is 7.25. The number of rotatable bonds is 9. The molecule has 0 aliphatic carbocycles. The number of halogens is 1. The third-order valence-electron chi connectivity index (χ3n) is 4.05. The number of aryl methyl sites for hydroxylation is 1. The Kier molecular flexibility index (Phi) is 9.58. The molecular formula is C19H29BrN4O3. The fourth-order valence-corrected chi connectivity index (χ4v) is 2.95. The van der Waals surface area contributed by atoms with Crippen LogP contribution in [0.3, 0.4) is 0 Å². The van der Waals surface area contributed by atoms with E-state index in [9.17, 15) is 4.79 Å². The molecule has 1 unspecified atom stereocenters. The molecule has 8 heteroatoms. The maximum atomic E-state index is 12.2. The third kappa shape index (κ3) is 8.28. The number of anilines is 1. The minimum Gasteiger partial charge on any atom is -0.379 e. The van der Waals surface area contributed by atoms with Crippen LogP contribution in [0.15, 0.2) is 27.7 Å². The van der Waals surface area contributed by atoms with Crippen molar-refractivity contribution in [2.24, 2.45) is 4.99 Å². The van der Waals surface area contributed by atoms with Gasteiger partial charge < -0.3 is 25.4 Å². The van der Waals surface area contributed by atoms with Crippen molar-refractivity contribution in [2.75, 3.05) is 44.8 Å².